The maximum absolute atomic E-state index is 12.6. The summed E-state index contributed by atoms with van der Waals surface area (Å²) in [4.78, 5) is 29.1. The van der Waals surface area contributed by atoms with Gasteiger partial charge in [-0.05, 0) is 29.8 Å². The quantitative estimate of drug-likeness (QED) is 0.617. The lowest BCUT2D eigenvalue weighted by atomic mass is 10.1. The van der Waals surface area contributed by atoms with Crippen molar-refractivity contribution in [3.8, 4) is 5.75 Å². The maximum Gasteiger partial charge on any atom is 0.251 e. The average molecular weight is 392 g/mol. The number of aromatic nitrogens is 2. The number of imidazole rings is 1. The Morgan fingerprint density at radius 3 is 2.62 bits per heavy atom. The molecule has 0 aliphatic carbocycles. The summed E-state index contributed by atoms with van der Waals surface area (Å²) >= 11 is 0. The summed E-state index contributed by atoms with van der Waals surface area (Å²) in [7, 11) is 3.48. The molecular weight excluding hydrogens is 368 g/mol. The summed E-state index contributed by atoms with van der Waals surface area (Å²) in [5.41, 5.74) is 1.43. The summed E-state index contributed by atoms with van der Waals surface area (Å²) < 4.78 is 7.17. The number of aryl methyl sites for hydroxylation is 1. The van der Waals surface area contributed by atoms with Crippen molar-refractivity contribution in [1.82, 2.24) is 20.2 Å². The Morgan fingerprint density at radius 2 is 1.93 bits per heavy atom. The second kappa shape index (κ2) is 9.54. The van der Waals surface area contributed by atoms with Gasteiger partial charge in [-0.3, -0.25) is 9.59 Å². The minimum absolute atomic E-state index is 0.156. The van der Waals surface area contributed by atoms with Crippen LogP contribution in [0.25, 0.3) is 0 Å². The van der Waals surface area contributed by atoms with Gasteiger partial charge in [0.15, 0.2) is 0 Å². The van der Waals surface area contributed by atoms with E-state index in [0.717, 1.165) is 5.56 Å². The van der Waals surface area contributed by atoms with Crippen LogP contribution < -0.4 is 15.4 Å². The third kappa shape index (κ3) is 5.22. The van der Waals surface area contributed by atoms with Crippen molar-refractivity contribution in [1.29, 1.82) is 0 Å². The molecule has 2 N–H and O–H groups in total. The number of hydrogen-bond donors (Lipinski definition) is 2. The van der Waals surface area contributed by atoms with E-state index in [1.807, 2.05) is 48.1 Å². The van der Waals surface area contributed by atoms with Crippen LogP contribution in [-0.4, -0.2) is 35.0 Å². The van der Waals surface area contributed by atoms with Gasteiger partial charge in [0.05, 0.1) is 7.11 Å². The lowest BCUT2D eigenvalue weighted by molar-refractivity contribution is -0.121. The Bertz CT molecular complexity index is 969. The topological polar surface area (TPSA) is 85.2 Å². The fourth-order valence-corrected chi connectivity index (χ4v) is 2.99. The normalized spacial score (nSPS) is 11.5. The summed E-state index contributed by atoms with van der Waals surface area (Å²) in [6, 6.07) is 16.0. The number of rotatable bonds is 8. The van der Waals surface area contributed by atoms with Crippen molar-refractivity contribution >= 4 is 11.8 Å². The minimum atomic E-state index is -0.428. The highest BCUT2D eigenvalue weighted by Gasteiger charge is 2.21. The fraction of sp³-hybridized carbons (Fsp3) is 0.227. The van der Waals surface area contributed by atoms with Crippen LogP contribution in [-0.2, 0) is 11.8 Å². The standard InChI is InChI=1S/C22H24N4O3/c1-26-14-13-23-21(26)20(17-9-6-10-18(15-17)29-2)25-19(27)11-12-24-22(28)16-7-4-3-5-8-16/h3-10,13-15,20H,11-12H2,1-2H3,(H,24,28)(H,25,27). The lowest BCUT2D eigenvalue weighted by Gasteiger charge is -2.20. The van der Waals surface area contributed by atoms with Gasteiger partial charge in [-0.1, -0.05) is 30.3 Å². The predicted octanol–water partition coefficient (Wildman–Crippen LogP) is 2.45. The van der Waals surface area contributed by atoms with E-state index in [0.29, 0.717) is 17.1 Å². The number of ether oxygens (including phenoxy) is 1. The molecule has 7 heteroatoms. The molecule has 150 valence electrons. The maximum atomic E-state index is 12.6. The highest BCUT2D eigenvalue weighted by atomic mass is 16.5. The Balaban J connectivity index is 1.65. The van der Waals surface area contributed by atoms with Crippen molar-refractivity contribution in [2.45, 2.75) is 12.5 Å². The molecule has 1 aromatic heterocycles. The Hall–Kier alpha value is -3.61. The van der Waals surface area contributed by atoms with Crippen LogP contribution in [0.5, 0.6) is 5.75 Å². The Labute approximate surface area is 169 Å². The molecule has 0 fully saturated rings. The summed E-state index contributed by atoms with van der Waals surface area (Å²) in [5, 5.41) is 5.78. The van der Waals surface area contributed by atoms with Crippen molar-refractivity contribution < 1.29 is 14.3 Å². The zero-order chi connectivity index (χ0) is 20.6. The van der Waals surface area contributed by atoms with Gasteiger partial charge in [0.1, 0.15) is 17.6 Å². The molecule has 7 nitrogen and oxygen atoms in total. The van der Waals surface area contributed by atoms with Gasteiger partial charge in [-0.2, -0.15) is 0 Å². The minimum Gasteiger partial charge on any atom is -0.497 e. The average Bonchev–Trinajstić information content (AvgIpc) is 3.18. The van der Waals surface area contributed by atoms with Crippen molar-refractivity contribution in [3.05, 3.63) is 83.9 Å². The molecule has 0 saturated carbocycles. The third-order valence-corrected chi connectivity index (χ3v) is 4.52. The fourth-order valence-electron chi connectivity index (χ4n) is 2.99. The molecule has 1 unspecified atom stereocenters. The molecule has 0 saturated heterocycles. The summed E-state index contributed by atoms with van der Waals surface area (Å²) in [6.45, 7) is 0.241. The van der Waals surface area contributed by atoms with E-state index in [2.05, 4.69) is 15.6 Å². The van der Waals surface area contributed by atoms with Gasteiger partial charge >= 0.3 is 0 Å². The number of benzene rings is 2. The van der Waals surface area contributed by atoms with E-state index >= 15 is 0 Å². The number of methoxy groups -OCH3 is 1. The number of hydrogen-bond acceptors (Lipinski definition) is 4. The molecule has 29 heavy (non-hydrogen) atoms. The van der Waals surface area contributed by atoms with E-state index in [1.54, 1.807) is 37.6 Å². The van der Waals surface area contributed by atoms with Crippen LogP contribution in [0.1, 0.15) is 34.2 Å². The molecule has 3 aromatic rings. The number of carbonyl (C=O) groups excluding carboxylic acids is 2. The number of amides is 2. The predicted molar refractivity (Wildman–Crippen MR) is 110 cm³/mol. The second-order valence-corrected chi connectivity index (χ2v) is 6.55. The molecule has 2 amide bonds. The molecular formula is C22H24N4O3. The van der Waals surface area contributed by atoms with Crippen molar-refractivity contribution in [3.63, 3.8) is 0 Å². The van der Waals surface area contributed by atoms with Crippen LogP contribution in [0.3, 0.4) is 0 Å². The molecule has 0 aliphatic rings. The van der Waals surface area contributed by atoms with Crippen LogP contribution in [0.2, 0.25) is 0 Å². The van der Waals surface area contributed by atoms with E-state index in [1.165, 1.54) is 0 Å². The molecule has 3 rings (SSSR count). The van der Waals surface area contributed by atoms with Crippen molar-refractivity contribution in [2.24, 2.45) is 7.05 Å². The van der Waals surface area contributed by atoms with Crippen LogP contribution in [0.15, 0.2) is 67.0 Å². The molecule has 0 bridgehead atoms. The highest BCUT2D eigenvalue weighted by molar-refractivity contribution is 5.94. The molecule has 2 aromatic carbocycles. The Kier molecular flexibility index (Phi) is 6.63. The Morgan fingerprint density at radius 1 is 1.14 bits per heavy atom. The van der Waals surface area contributed by atoms with Crippen LogP contribution >= 0.6 is 0 Å². The smallest absolute Gasteiger partial charge is 0.251 e. The largest absolute Gasteiger partial charge is 0.497 e. The number of nitrogens with one attached hydrogen (secondary N) is 2. The highest BCUT2D eigenvalue weighted by Crippen LogP contribution is 2.24. The van der Waals surface area contributed by atoms with Gasteiger partial charge in [-0.25, -0.2) is 4.98 Å². The molecule has 0 radical (unpaired) electrons. The first-order valence-electron chi connectivity index (χ1n) is 9.32. The first-order valence-corrected chi connectivity index (χ1v) is 9.32. The second-order valence-electron chi connectivity index (χ2n) is 6.55. The van der Waals surface area contributed by atoms with E-state index in [4.69, 9.17) is 4.74 Å². The van der Waals surface area contributed by atoms with Crippen LogP contribution in [0.4, 0.5) is 0 Å². The zero-order valence-corrected chi connectivity index (χ0v) is 16.5. The zero-order valence-electron chi connectivity index (χ0n) is 16.5. The van der Waals surface area contributed by atoms with Crippen molar-refractivity contribution in [2.75, 3.05) is 13.7 Å². The third-order valence-electron chi connectivity index (χ3n) is 4.52. The molecule has 1 atom stereocenters. The molecule has 1 heterocycles. The van der Waals surface area contributed by atoms with E-state index in [-0.39, 0.29) is 24.8 Å². The SMILES string of the molecule is COc1cccc(C(NC(=O)CCNC(=O)c2ccccc2)c2nccn2C)c1. The summed E-state index contributed by atoms with van der Waals surface area (Å²) in [5.74, 6) is 1.02. The van der Waals surface area contributed by atoms with Gasteiger partial charge in [0, 0.05) is 38.0 Å². The first kappa shape index (κ1) is 20.1. The molecule has 0 spiro atoms. The van der Waals surface area contributed by atoms with E-state index < -0.39 is 6.04 Å². The van der Waals surface area contributed by atoms with E-state index in [9.17, 15) is 9.59 Å². The summed E-state index contributed by atoms with van der Waals surface area (Å²) in [6.07, 6.45) is 3.67. The van der Waals surface area contributed by atoms with Gasteiger partial charge < -0.3 is 19.9 Å². The first-order chi connectivity index (χ1) is 14.1. The van der Waals surface area contributed by atoms with Crippen LogP contribution in [0, 0.1) is 0 Å². The van der Waals surface area contributed by atoms with Gasteiger partial charge in [0.2, 0.25) is 5.91 Å². The monoisotopic (exact) mass is 392 g/mol. The number of nitrogens with zero attached hydrogens (tertiary/aromatic N) is 2. The van der Waals surface area contributed by atoms with Gasteiger partial charge in [0.25, 0.3) is 5.91 Å². The van der Waals surface area contributed by atoms with Gasteiger partial charge in [-0.15, -0.1) is 0 Å². The lowest BCUT2D eigenvalue weighted by Crippen LogP contribution is -2.34. The molecule has 0 aliphatic heterocycles. The number of carbonyl (C=O) groups is 2.